The maximum absolute atomic E-state index is 15.2. The number of hydrogen-bond donors (Lipinski definition) is 3. The molecule has 10 nitrogen and oxygen atoms in total. The Bertz CT molecular complexity index is 1540. The van der Waals surface area contributed by atoms with Crippen LogP contribution < -0.4 is 10.1 Å². The van der Waals surface area contributed by atoms with Gasteiger partial charge < -0.3 is 24.4 Å². The highest BCUT2D eigenvalue weighted by atomic mass is 19.1. The number of benzene rings is 1. The Balaban J connectivity index is 1.38. The number of aryl methyl sites for hydroxylation is 1. The van der Waals surface area contributed by atoms with Gasteiger partial charge in [0.2, 0.25) is 5.88 Å². The fourth-order valence-electron chi connectivity index (χ4n) is 3.95. The number of rotatable bonds is 6. The highest BCUT2D eigenvalue weighted by molar-refractivity contribution is 6.02. The number of likely N-dealkylation sites (tertiary alicyclic amines) is 1. The molecule has 1 amide bonds. The van der Waals surface area contributed by atoms with E-state index in [0.717, 1.165) is 12.1 Å². The van der Waals surface area contributed by atoms with Crippen LogP contribution >= 0.6 is 0 Å². The van der Waals surface area contributed by atoms with E-state index in [1.54, 1.807) is 41.5 Å². The van der Waals surface area contributed by atoms with E-state index in [2.05, 4.69) is 30.5 Å². The number of furan rings is 1. The van der Waals surface area contributed by atoms with Gasteiger partial charge in [-0.1, -0.05) is 0 Å². The van der Waals surface area contributed by atoms with Crippen LogP contribution in [0.4, 0.5) is 16.0 Å². The zero-order valence-electron chi connectivity index (χ0n) is 18.6. The lowest BCUT2D eigenvalue weighted by molar-refractivity contribution is 0.0649. The fraction of sp³-hybridized carbons (Fsp3) is 0.167. The van der Waals surface area contributed by atoms with E-state index >= 15 is 4.39 Å². The number of hydrogen-bond acceptors (Lipinski definition) is 7. The number of H-pyrrole nitrogens is 2. The van der Waals surface area contributed by atoms with Gasteiger partial charge in [-0.3, -0.25) is 9.89 Å². The van der Waals surface area contributed by atoms with Gasteiger partial charge in [-0.25, -0.2) is 14.4 Å². The first-order valence-corrected chi connectivity index (χ1v) is 11.0. The quantitative estimate of drug-likeness (QED) is 0.324. The average molecular weight is 473 g/mol. The molecule has 5 aromatic rings. The van der Waals surface area contributed by atoms with Crippen LogP contribution in [0.5, 0.6) is 11.6 Å². The summed E-state index contributed by atoms with van der Waals surface area (Å²) in [5.41, 5.74) is 2.22. The highest BCUT2D eigenvalue weighted by Crippen LogP contribution is 2.34. The second kappa shape index (κ2) is 8.28. The molecule has 1 fully saturated rings. The van der Waals surface area contributed by atoms with E-state index in [1.165, 1.54) is 12.4 Å². The summed E-state index contributed by atoms with van der Waals surface area (Å²) in [6, 6.07) is 10.2. The van der Waals surface area contributed by atoms with Gasteiger partial charge in [-0.15, -0.1) is 0 Å². The second-order valence-corrected chi connectivity index (χ2v) is 8.21. The number of nitrogens with one attached hydrogen (secondary N) is 3. The van der Waals surface area contributed by atoms with E-state index in [-0.39, 0.29) is 28.9 Å². The summed E-state index contributed by atoms with van der Waals surface area (Å²) in [4.78, 5) is 26.5. The number of halogens is 1. The van der Waals surface area contributed by atoms with Crippen LogP contribution in [0.25, 0.3) is 22.4 Å². The van der Waals surface area contributed by atoms with Crippen LogP contribution in [-0.2, 0) is 0 Å². The molecule has 6 rings (SSSR count). The number of aromatic nitrogens is 5. The molecule has 0 atom stereocenters. The Morgan fingerprint density at radius 1 is 1.23 bits per heavy atom. The van der Waals surface area contributed by atoms with Crippen molar-refractivity contribution in [1.82, 2.24) is 30.0 Å². The van der Waals surface area contributed by atoms with E-state index in [1.807, 2.05) is 6.92 Å². The fourth-order valence-corrected chi connectivity index (χ4v) is 3.95. The molecule has 0 radical (unpaired) electrons. The summed E-state index contributed by atoms with van der Waals surface area (Å²) in [5, 5.41) is 10.5. The van der Waals surface area contributed by atoms with E-state index in [4.69, 9.17) is 9.15 Å². The molecule has 0 saturated carbocycles. The minimum Gasteiger partial charge on any atom is -0.463 e. The predicted octanol–water partition coefficient (Wildman–Crippen LogP) is 4.77. The summed E-state index contributed by atoms with van der Waals surface area (Å²) in [6.45, 7) is 3.07. The number of carbonyl (C=O) groups is 1. The lowest BCUT2D eigenvalue weighted by atomic mass is 10.1. The largest absolute Gasteiger partial charge is 0.463 e. The normalized spacial score (nSPS) is 13.1. The summed E-state index contributed by atoms with van der Waals surface area (Å²) in [7, 11) is 0. The Hall–Kier alpha value is -4.67. The molecular weight excluding hydrogens is 453 g/mol. The van der Waals surface area contributed by atoms with Crippen molar-refractivity contribution < 1.29 is 18.3 Å². The van der Waals surface area contributed by atoms with Crippen molar-refractivity contribution in [2.45, 2.75) is 13.3 Å². The number of aromatic amines is 2. The SMILES string of the molecule is Cc1cc2c(F)c(Oc3ncnc(Nc4cc(-c5ccco5)[nH]n4)c3C(=O)N3CCC3)ccc2[nH]1. The van der Waals surface area contributed by atoms with Crippen molar-refractivity contribution in [3.63, 3.8) is 0 Å². The minimum absolute atomic E-state index is 0.0429. The van der Waals surface area contributed by atoms with Gasteiger partial charge in [0.05, 0.1) is 6.26 Å². The first-order chi connectivity index (χ1) is 17.1. The van der Waals surface area contributed by atoms with Gasteiger partial charge in [-0.2, -0.15) is 5.10 Å². The molecule has 35 heavy (non-hydrogen) atoms. The van der Waals surface area contributed by atoms with Gasteiger partial charge in [0, 0.05) is 35.8 Å². The van der Waals surface area contributed by atoms with Crippen LogP contribution in [0.2, 0.25) is 0 Å². The molecule has 5 heterocycles. The smallest absolute Gasteiger partial charge is 0.263 e. The first kappa shape index (κ1) is 20.9. The van der Waals surface area contributed by atoms with Gasteiger partial charge in [0.25, 0.3) is 5.91 Å². The van der Waals surface area contributed by atoms with Crippen LogP contribution in [-0.4, -0.2) is 49.0 Å². The number of carbonyl (C=O) groups excluding carboxylic acids is 1. The maximum atomic E-state index is 15.2. The maximum Gasteiger partial charge on any atom is 0.263 e. The third-order valence-electron chi connectivity index (χ3n) is 5.82. The number of fused-ring (bicyclic) bond motifs is 1. The first-order valence-electron chi connectivity index (χ1n) is 11.0. The number of ether oxygens (including phenoxy) is 1. The number of nitrogens with zero attached hydrogens (tertiary/aromatic N) is 4. The van der Waals surface area contributed by atoms with Crippen molar-refractivity contribution in [1.29, 1.82) is 0 Å². The molecule has 1 saturated heterocycles. The molecule has 0 bridgehead atoms. The van der Waals surface area contributed by atoms with Crippen LogP contribution in [0.1, 0.15) is 22.5 Å². The predicted molar refractivity (Wildman–Crippen MR) is 125 cm³/mol. The summed E-state index contributed by atoms with van der Waals surface area (Å²) in [5.74, 6) is 0.274. The summed E-state index contributed by atoms with van der Waals surface area (Å²) in [6.07, 6.45) is 3.72. The molecule has 11 heteroatoms. The number of amides is 1. The van der Waals surface area contributed by atoms with E-state index < -0.39 is 5.82 Å². The zero-order valence-corrected chi connectivity index (χ0v) is 18.6. The molecular formula is C24H20FN7O3. The van der Waals surface area contributed by atoms with Crippen LogP contribution in [0.3, 0.4) is 0 Å². The van der Waals surface area contributed by atoms with Crippen LogP contribution in [0, 0.1) is 12.7 Å². The highest BCUT2D eigenvalue weighted by Gasteiger charge is 2.30. The molecule has 4 aromatic heterocycles. The van der Waals surface area contributed by atoms with Crippen molar-refractivity contribution >= 4 is 28.4 Å². The second-order valence-electron chi connectivity index (χ2n) is 8.21. The Morgan fingerprint density at radius 2 is 2.11 bits per heavy atom. The molecule has 0 unspecified atom stereocenters. The van der Waals surface area contributed by atoms with Gasteiger partial charge in [-0.05, 0) is 43.7 Å². The van der Waals surface area contributed by atoms with Crippen molar-refractivity contribution in [2.75, 3.05) is 18.4 Å². The standard InChI is InChI=1S/C24H20FN7O3/c1-13-10-14-15(28-13)5-6-18(21(14)25)35-23-20(24(33)32-7-3-8-32)22(26-12-27-23)29-19-11-16(30-31-19)17-4-2-9-34-17/h2,4-6,9-12,28H,3,7-8H2,1H3,(H2,26,27,29,30,31). The lowest BCUT2D eigenvalue weighted by Gasteiger charge is -2.31. The molecule has 3 N–H and O–H groups in total. The number of anilines is 2. The molecule has 0 spiro atoms. The zero-order chi connectivity index (χ0) is 23.9. The monoisotopic (exact) mass is 473 g/mol. The molecule has 176 valence electrons. The lowest BCUT2D eigenvalue weighted by Crippen LogP contribution is -2.42. The minimum atomic E-state index is -0.544. The third-order valence-corrected chi connectivity index (χ3v) is 5.82. The molecule has 1 aliphatic rings. The summed E-state index contributed by atoms with van der Waals surface area (Å²) < 4.78 is 26.5. The van der Waals surface area contributed by atoms with Crippen molar-refractivity contribution in [2.24, 2.45) is 0 Å². The summed E-state index contributed by atoms with van der Waals surface area (Å²) >= 11 is 0. The van der Waals surface area contributed by atoms with E-state index in [9.17, 15) is 4.79 Å². The molecule has 1 aliphatic heterocycles. The Labute approximate surface area is 198 Å². The van der Waals surface area contributed by atoms with Gasteiger partial charge >= 0.3 is 0 Å². The van der Waals surface area contributed by atoms with Crippen LogP contribution in [0.15, 0.2) is 53.4 Å². The van der Waals surface area contributed by atoms with Crippen molar-refractivity contribution in [3.8, 4) is 23.1 Å². The van der Waals surface area contributed by atoms with E-state index in [0.29, 0.717) is 41.3 Å². The molecule has 0 aliphatic carbocycles. The van der Waals surface area contributed by atoms with Gasteiger partial charge in [0.15, 0.2) is 29.0 Å². The van der Waals surface area contributed by atoms with Crippen molar-refractivity contribution in [3.05, 3.63) is 66.1 Å². The Morgan fingerprint density at radius 3 is 2.89 bits per heavy atom. The Kier molecular flexibility index (Phi) is 4.94. The third kappa shape index (κ3) is 3.76. The molecule has 1 aromatic carbocycles. The topological polar surface area (TPSA) is 125 Å². The van der Waals surface area contributed by atoms with Gasteiger partial charge in [0.1, 0.15) is 17.6 Å². The average Bonchev–Trinajstić information content (AvgIpc) is 3.55.